The summed E-state index contributed by atoms with van der Waals surface area (Å²) in [6.07, 6.45) is 0. The zero-order valence-corrected chi connectivity index (χ0v) is 11.5. The Morgan fingerprint density at radius 2 is 1.83 bits per heavy atom. The Hall–Kier alpha value is -2.10. The highest BCUT2D eigenvalue weighted by Gasteiger charge is 2.13. The van der Waals surface area contributed by atoms with Crippen LogP contribution in [0, 0.1) is 17.2 Å². The Labute approximate surface area is 107 Å². The zero-order valence-electron chi connectivity index (χ0n) is 11.5. The molecule has 7 heteroatoms. The topological polar surface area (TPSA) is 81.0 Å². The first-order chi connectivity index (χ1) is 8.47. The number of hydrogen-bond acceptors (Lipinski definition) is 7. The van der Waals surface area contributed by atoms with Gasteiger partial charge >= 0.3 is 0 Å². The lowest BCUT2D eigenvalue weighted by atomic mass is 10.2. The summed E-state index contributed by atoms with van der Waals surface area (Å²) >= 11 is 0. The average molecular weight is 249 g/mol. The van der Waals surface area contributed by atoms with Gasteiger partial charge in [0, 0.05) is 34.7 Å². The molecular formula is C11H19N7. The number of anilines is 3. The van der Waals surface area contributed by atoms with Crippen LogP contribution < -0.4 is 15.1 Å². The fourth-order valence-electron chi connectivity index (χ4n) is 1.37. The van der Waals surface area contributed by atoms with E-state index in [4.69, 9.17) is 5.26 Å². The van der Waals surface area contributed by atoms with Crippen LogP contribution in [0.4, 0.5) is 17.8 Å². The summed E-state index contributed by atoms with van der Waals surface area (Å²) in [5, 5.41) is 11.7. The number of nitrogens with zero attached hydrogens (tertiary/aromatic N) is 6. The number of nitriles is 1. The third kappa shape index (κ3) is 3.45. The summed E-state index contributed by atoms with van der Waals surface area (Å²) in [5.41, 5.74) is 0. The van der Waals surface area contributed by atoms with E-state index in [1.54, 1.807) is 7.05 Å². The van der Waals surface area contributed by atoms with E-state index in [0.29, 0.717) is 24.4 Å². The van der Waals surface area contributed by atoms with Crippen LogP contribution in [0.15, 0.2) is 0 Å². The molecule has 1 unspecified atom stereocenters. The lowest BCUT2D eigenvalue weighted by Gasteiger charge is -2.20. The quantitative estimate of drug-likeness (QED) is 0.817. The predicted octanol–water partition coefficient (Wildman–Crippen LogP) is 0.575. The molecule has 0 aliphatic heterocycles. The van der Waals surface area contributed by atoms with Crippen LogP contribution in [0.1, 0.15) is 6.92 Å². The molecular weight excluding hydrogens is 230 g/mol. The van der Waals surface area contributed by atoms with E-state index in [0.717, 1.165) is 0 Å². The normalized spacial score (nSPS) is 11.6. The van der Waals surface area contributed by atoms with Gasteiger partial charge in [0.2, 0.25) is 17.8 Å². The molecule has 1 heterocycles. The second-order valence-electron chi connectivity index (χ2n) is 4.31. The van der Waals surface area contributed by atoms with Gasteiger partial charge in [0.1, 0.15) is 0 Å². The molecule has 0 amide bonds. The number of rotatable bonds is 5. The maximum absolute atomic E-state index is 8.82. The third-order valence-corrected chi connectivity index (χ3v) is 2.34. The molecule has 18 heavy (non-hydrogen) atoms. The highest BCUT2D eigenvalue weighted by atomic mass is 15.3. The third-order valence-electron chi connectivity index (χ3n) is 2.34. The smallest absolute Gasteiger partial charge is 0.231 e. The SMILES string of the molecule is CNc1nc(N(C)C)nc(N(C)CC(C)C#N)n1. The molecule has 1 atom stereocenters. The Kier molecular flexibility index (Phi) is 4.66. The lowest BCUT2D eigenvalue weighted by molar-refractivity contribution is 0.700. The van der Waals surface area contributed by atoms with E-state index in [9.17, 15) is 0 Å². The van der Waals surface area contributed by atoms with Gasteiger partial charge in [0.25, 0.3) is 0 Å². The van der Waals surface area contributed by atoms with Crippen molar-refractivity contribution in [3.63, 3.8) is 0 Å². The van der Waals surface area contributed by atoms with Crippen LogP contribution in [0.2, 0.25) is 0 Å². The van der Waals surface area contributed by atoms with Gasteiger partial charge in [-0.2, -0.15) is 20.2 Å². The highest BCUT2D eigenvalue weighted by Crippen LogP contribution is 2.14. The van der Waals surface area contributed by atoms with Gasteiger partial charge in [-0.25, -0.2) is 0 Å². The summed E-state index contributed by atoms with van der Waals surface area (Å²) in [6.45, 7) is 2.44. The maximum atomic E-state index is 8.82. The standard InChI is InChI=1S/C11H19N7/c1-8(6-12)7-18(5)11-15-9(13-2)14-10(16-11)17(3)4/h8H,7H2,1-5H3,(H,13,14,15,16). The van der Waals surface area contributed by atoms with Crippen LogP contribution in [-0.4, -0.2) is 49.7 Å². The molecule has 98 valence electrons. The molecule has 7 nitrogen and oxygen atoms in total. The molecule has 1 rings (SSSR count). The van der Waals surface area contributed by atoms with Crippen molar-refractivity contribution in [1.29, 1.82) is 5.26 Å². The Balaban J connectivity index is 3.00. The van der Waals surface area contributed by atoms with E-state index >= 15 is 0 Å². The van der Waals surface area contributed by atoms with Crippen molar-refractivity contribution < 1.29 is 0 Å². The number of nitrogens with one attached hydrogen (secondary N) is 1. The molecule has 0 fully saturated rings. The van der Waals surface area contributed by atoms with Gasteiger partial charge in [0.05, 0.1) is 12.0 Å². The lowest BCUT2D eigenvalue weighted by Crippen LogP contribution is -2.27. The molecule has 1 aromatic rings. The second-order valence-corrected chi connectivity index (χ2v) is 4.31. The van der Waals surface area contributed by atoms with Gasteiger partial charge in [-0.1, -0.05) is 0 Å². The maximum Gasteiger partial charge on any atom is 0.231 e. The molecule has 0 aliphatic carbocycles. The average Bonchev–Trinajstić information content (AvgIpc) is 2.37. The van der Waals surface area contributed by atoms with Crippen molar-refractivity contribution in [1.82, 2.24) is 15.0 Å². The van der Waals surface area contributed by atoms with Gasteiger partial charge in [-0.15, -0.1) is 0 Å². The Morgan fingerprint density at radius 1 is 1.22 bits per heavy atom. The molecule has 1 N–H and O–H groups in total. The predicted molar refractivity (Wildman–Crippen MR) is 71.7 cm³/mol. The van der Waals surface area contributed by atoms with Crippen LogP contribution in [-0.2, 0) is 0 Å². The van der Waals surface area contributed by atoms with Gasteiger partial charge in [-0.3, -0.25) is 0 Å². The van der Waals surface area contributed by atoms with E-state index in [2.05, 4.69) is 26.3 Å². The van der Waals surface area contributed by atoms with Crippen molar-refractivity contribution in [3.8, 4) is 6.07 Å². The Morgan fingerprint density at radius 3 is 2.33 bits per heavy atom. The first kappa shape index (κ1) is 14.0. The summed E-state index contributed by atoms with van der Waals surface area (Å²) in [7, 11) is 7.37. The van der Waals surface area contributed by atoms with Gasteiger partial charge in [-0.05, 0) is 6.92 Å². The zero-order chi connectivity index (χ0) is 13.7. The van der Waals surface area contributed by atoms with Gasteiger partial charge < -0.3 is 15.1 Å². The van der Waals surface area contributed by atoms with Crippen molar-refractivity contribution in [2.45, 2.75) is 6.92 Å². The Bertz CT molecular complexity index is 438. The summed E-state index contributed by atoms with van der Waals surface area (Å²) in [6, 6.07) is 2.19. The van der Waals surface area contributed by atoms with Crippen molar-refractivity contribution in [3.05, 3.63) is 0 Å². The number of hydrogen-bond donors (Lipinski definition) is 1. The first-order valence-electron chi connectivity index (χ1n) is 5.69. The molecule has 0 saturated carbocycles. The fraction of sp³-hybridized carbons (Fsp3) is 0.636. The molecule has 0 aromatic carbocycles. The van der Waals surface area contributed by atoms with Crippen LogP contribution in [0.25, 0.3) is 0 Å². The minimum Gasteiger partial charge on any atom is -0.357 e. The minimum absolute atomic E-state index is 0.0763. The molecule has 0 bridgehead atoms. The van der Waals surface area contributed by atoms with Crippen molar-refractivity contribution in [2.75, 3.05) is 49.9 Å². The summed E-state index contributed by atoms with van der Waals surface area (Å²) < 4.78 is 0. The van der Waals surface area contributed by atoms with E-state index in [1.165, 1.54) is 0 Å². The van der Waals surface area contributed by atoms with Gasteiger partial charge in [0.15, 0.2) is 0 Å². The van der Waals surface area contributed by atoms with E-state index in [1.807, 2.05) is 37.9 Å². The van der Waals surface area contributed by atoms with Crippen LogP contribution in [0.3, 0.4) is 0 Å². The molecule has 0 aliphatic rings. The molecule has 0 spiro atoms. The molecule has 1 aromatic heterocycles. The second kappa shape index (κ2) is 6.00. The van der Waals surface area contributed by atoms with E-state index < -0.39 is 0 Å². The number of aromatic nitrogens is 3. The first-order valence-corrected chi connectivity index (χ1v) is 5.69. The molecule has 0 radical (unpaired) electrons. The summed E-state index contributed by atoms with van der Waals surface area (Å²) in [4.78, 5) is 16.5. The van der Waals surface area contributed by atoms with E-state index in [-0.39, 0.29) is 5.92 Å². The van der Waals surface area contributed by atoms with Crippen LogP contribution in [0.5, 0.6) is 0 Å². The minimum atomic E-state index is -0.0763. The molecule has 0 saturated heterocycles. The largest absolute Gasteiger partial charge is 0.357 e. The summed E-state index contributed by atoms with van der Waals surface area (Å²) in [5.74, 6) is 1.58. The van der Waals surface area contributed by atoms with Crippen molar-refractivity contribution >= 4 is 17.8 Å². The fourth-order valence-corrected chi connectivity index (χ4v) is 1.37. The van der Waals surface area contributed by atoms with Crippen molar-refractivity contribution in [2.24, 2.45) is 5.92 Å². The highest BCUT2D eigenvalue weighted by molar-refractivity contribution is 5.43. The monoisotopic (exact) mass is 249 g/mol. The van der Waals surface area contributed by atoms with Crippen LogP contribution >= 0.6 is 0 Å².